The first-order valence-electron chi connectivity index (χ1n) is 4.85. The van der Waals surface area contributed by atoms with Gasteiger partial charge in [0.15, 0.2) is 0 Å². The van der Waals surface area contributed by atoms with Gasteiger partial charge in [-0.2, -0.15) is 0 Å². The minimum Gasteiger partial charge on any atom is -0.314 e. The summed E-state index contributed by atoms with van der Waals surface area (Å²) in [6, 6.07) is 3.46. The molecule has 1 atom stereocenters. The smallest absolute Gasteiger partial charge is 0.0414 e. The van der Waals surface area contributed by atoms with E-state index in [0.717, 1.165) is 13.1 Å². The van der Waals surface area contributed by atoms with Gasteiger partial charge < -0.3 is 5.32 Å². The molecule has 1 aliphatic heterocycles. The molecule has 0 spiro atoms. The second-order valence-electron chi connectivity index (χ2n) is 3.82. The van der Waals surface area contributed by atoms with Crippen LogP contribution in [0.5, 0.6) is 0 Å². The highest BCUT2D eigenvalue weighted by atomic mass is 79.9. The zero-order valence-corrected chi connectivity index (χ0v) is 10.9. The van der Waals surface area contributed by atoms with Gasteiger partial charge in [0.25, 0.3) is 0 Å². The van der Waals surface area contributed by atoms with Crippen LogP contribution in [0, 0.1) is 0 Å². The molecule has 0 bridgehead atoms. The van der Waals surface area contributed by atoms with Crippen LogP contribution in [0.2, 0.25) is 0 Å². The molecule has 0 radical (unpaired) electrons. The molecule has 1 aliphatic rings. The summed E-state index contributed by atoms with van der Waals surface area (Å²) >= 11 is 5.33. The molecule has 1 aromatic rings. The maximum atomic E-state index is 3.50. The number of thiophene rings is 1. The first-order valence-corrected chi connectivity index (χ1v) is 6.52. The molecule has 0 aromatic carbocycles. The summed E-state index contributed by atoms with van der Waals surface area (Å²) < 4.78 is 1.20. The Morgan fingerprint density at radius 1 is 1.64 bits per heavy atom. The van der Waals surface area contributed by atoms with Crippen molar-refractivity contribution < 1.29 is 0 Å². The highest BCUT2D eigenvalue weighted by molar-refractivity contribution is 9.10. The number of hydrogen-bond acceptors (Lipinski definition) is 3. The van der Waals surface area contributed by atoms with Crippen LogP contribution in [-0.2, 0) is 0 Å². The summed E-state index contributed by atoms with van der Waals surface area (Å²) in [7, 11) is 2.21. The van der Waals surface area contributed by atoms with Gasteiger partial charge in [-0.25, -0.2) is 0 Å². The Kier molecular flexibility index (Phi) is 3.27. The van der Waals surface area contributed by atoms with Crippen LogP contribution in [0.3, 0.4) is 0 Å². The van der Waals surface area contributed by atoms with Crippen LogP contribution < -0.4 is 5.32 Å². The molecule has 1 unspecified atom stereocenters. The fourth-order valence-electron chi connectivity index (χ4n) is 1.63. The Balaban J connectivity index is 2.03. The summed E-state index contributed by atoms with van der Waals surface area (Å²) in [5.41, 5.74) is 0. The van der Waals surface area contributed by atoms with Gasteiger partial charge in [0.05, 0.1) is 0 Å². The summed E-state index contributed by atoms with van der Waals surface area (Å²) in [6.45, 7) is 4.54. The van der Waals surface area contributed by atoms with E-state index in [0.29, 0.717) is 12.1 Å². The van der Waals surface area contributed by atoms with Crippen LogP contribution >= 0.6 is 27.3 Å². The summed E-state index contributed by atoms with van der Waals surface area (Å²) in [5, 5.41) is 5.46. The van der Waals surface area contributed by atoms with Crippen LogP contribution in [-0.4, -0.2) is 31.1 Å². The van der Waals surface area contributed by atoms with Crippen LogP contribution in [0.25, 0.3) is 0 Å². The molecular weight excluding hydrogens is 260 g/mol. The van der Waals surface area contributed by atoms with E-state index in [1.54, 1.807) is 0 Å². The highest BCUT2D eigenvalue weighted by Gasteiger charge is 2.26. The maximum Gasteiger partial charge on any atom is 0.0414 e. The van der Waals surface area contributed by atoms with Crippen LogP contribution in [0.15, 0.2) is 15.9 Å². The van der Waals surface area contributed by atoms with E-state index in [4.69, 9.17) is 0 Å². The second kappa shape index (κ2) is 4.31. The topological polar surface area (TPSA) is 15.3 Å². The van der Waals surface area contributed by atoms with E-state index in [1.165, 1.54) is 9.35 Å². The highest BCUT2D eigenvalue weighted by Crippen LogP contribution is 2.29. The van der Waals surface area contributed by atoms with Gasteiger partial charge in [0.2, 0.25) is 0 Å². The Morgan fingerprint density at radius 2 is 2.36 bits per heavy atom. The molecule has 78 valence electrons. The quantitative estimate of drug-likeness (QED) is 0.911. The molecule has 2 nitrogen and oxygen atoms in total. The maximum absolute atomic E-state index is 3.50. The minimum atomic E-state index is 0.526. The largest absolute Gasteiger partial charge is 0.314 e. The predicted molar refractivity (Wildman–Crippen MR) is 64.9 cm³/mol. The normalized spacial score (nSPS) is 19.7. The van der Waals surface area contributed by atoms with Crippen molar-refractivity contribution in [1.29, 1.82) is 0 Å². The molecule has 1 saturated heterocycles. The summed E-state index contributed by atoms with van der Waals surface area (Å²) in [5.74, 6) is 0. The average molecular weight is 275 g/mol. The van der Waals surface area contributed by atoms with Gasteiger partial charge in [0.1, 0.15) is 0 Å². The van der Waals surface area contributed by atoms with Crippen molar-refractivity contribution >= 4 is 27.3 Å². The van der Waals surface area contributed by atoms with Gasteiger partial charge in [-0.05, 0) is 36.0 Å². The first-order chi connectivity index (χ1) is 6.68. The van der Waals surface area contributed by atoms with Gasteiger partial charge in [-0.15, -0.1) is 11.3 Å². The minimum absolute atomic E-state index is 0.526. The van der Waals surface area contributed by atoms with Crippen molar-refractivity contribution in [2.75, 3.05) is 20.1 Å². The molecule has 0 saturated carbocycles. The fourth-order valence-corrected chi connectivity index (χ4v) is 3.18. The Labute approximate surface area is 97.4 Å². The lowest BCUT2D eigenvalue weighted by atomic mass is 10.1. The Hall–Kier alpha value is 0.1000. The third kappa shape index (κ3) is 2.03. The number of rotatable bonds is 3. The first kappa shape index (κ1) is 10.6. The number of halogens is 1. The molecule has 2 rings (SSSR count). The van der Waals surface area contributed by atoms with Crippen molar-refractivity contribution in [3.05, 3.63) is 20.8 Å². The monoisotopic (exact) mass is 274 g/mol. The zero-order valence-electron chi connectivity index (χ0n) is 8.46. The molecule has 14 heavy (non-hydrogen) atoms. The lowest BCUT2D eigenvalue weighted by Crippen LogP contribution is -2.56. The van der Waals surface area contributed by atoms with Gasteiger partial charge in [-0.3, -0.25) is 4.90 Å². The van der Waals surface area contributed by atoms with Crippen molar-refractivity contribution in [3.63, 3.8) is 0 Å². The van der Waals surface area contributed by atoms with Crippen LogP contribution in [0.4, 0.5) is 0 Å². The number of hydrogen-bond donors (Lipinski definition) is 1. The standard InChI is InChI=1S/C10H15BrN2S/c1-7(10-3-8(11)6-14-10)13(2)9-4-12-5-9/h3,6-7,9,12H,4-5H2,1-2H3. The van der Waals surface area contributed by atoms with Crippen molar-refractivity contribution in [2.24, 2.45) is 0 Å². The molecule has 4 heteroatoms. The Bertz CT molecular complexity index is 309. The summed E-state index contributed by atoms with van der Waals surface area (Å²) in [6.07, 6.45) is 0. The molecular formula is C10H15BrN2S. The molecule has 1 fully saturated rings. The summed E-state index contributed by atoms with van der Waals surface area (Å²) in [4.78, 5) is 3.89. The average Bonchev–Trinajstić information content (AvgIpc) is 2.47. The Morgan fingerprint density at radius 3 is 2.79 bits per heavy atom. The molecule has 0 amide bonds. The van der Waals surface area contributed by atoms with Crippen LogP contribution in [0.1, 0.15) is 17.8 Å². The second-order valence-corrected chi connectivity index (χ2v) is 5.68. The fraction of sp³-hybridized carbons (Fsp3) is 0.600. The van der Waals surface area contributed by atoms with E-state index in [-0.39, 0.29) is 0 Å². The van der Waals surface area contributed by atoms with Gasteiger partial charge >= 0.3 is 0 Å². The van der Waals surface area contributed by atoms with Crippen molar-refractivity contribution in [3.8, 4) is 0 Å². The van der Waals surface area contributed by atoms with E-state index in [9.17, 15) is 0 Å². The van der Waals surface area contributed by atoms with E-state index >= 15 is 0 Å². The molecule has 0 aliphatic carbocycles. The third-order valence-corrected chi connectivity index (χ3v) is 4.81. The van der Waals surface area contributed by atoms with Crippen molar-refractivity contribution in [2.45, 2.75) is 19.0 Å². The van der Waals surface area contributed by atoms with Gasteiger partial charge in [-0.1, -0.05) is 0 Å². The SMILES string of the molecule is CC(c1cc(Br)cs1)N(C)C1CNC1. The predicted octanol–water partition coefficient (Wildman–Crippen LogP) is 2.48. The molecule has 1 N–H and O–H groups in total. The number of nitrogens with zero attached hydrogens (tertiary/aromatic N) is 1. The van der Waals surface area contributed by atoms with E-state index in [1.807, 2.05) is 11.3 Å². The lowest BCUT2D eigenvalue weighted by Gasteiger charge is -2.39. The lowest BCUT2D eigenvalue weighted by molar-refractivity contribution is 0.138. The van der Waals surface area contributed by atoms with E-state index < -0.39 is 0 Å². The third-order valence-electron chi connectivity index (χ3n) is 2.95. The van der Waals surface area contributed by atoms with E-state index in [2.05, 4.69) is 51.6 Å². The number of nitrogens with one attached hydrogen (secondary N) is 1. The number of likely N-dealkylation sites (N-methyl/N-ethyl adjacent to an activating group) is 1. The van der Waals surface area contributed by atoms with Crippen molar-refractivity contribution in [1.82, 2.24) is 10.2 Å². The zero-order chi connectivity index (χ0) is 10.1. The van der Waals surface area contributed by atoms with Gasteiger partial charge in [0, 0.05) is 39.9 Å². The molecule has 1 aromatic heterocycles. The molecule has 2 heterocycles.